The van der Waals surface area contributed by atoms with E-state index in [9.17, 15) is 5.11 Å². The normalized spacial score (nSPS) is 15.3. The van der Waals surface area contributed by atoms with Crippen molar-refractivity contribution in [3.63, 3.8) is 0 Å². The van der Waals surface area contributed by atoms with E-state index in [1.54, 1.807) is 11.8 Å². The first-order valence-electron chi connectivity index (χ1n) is 10.4. The van der Waals surface area contributed by atoms with E-state index in [0.717, 1.165) is 24.1 Å². The van der Waals surface area contributed by atoms with Gasteiger partial charge in [0.05, 0.1) is 0 Å². The van der Waals surface area contributed by atoms with Gasteiger partial charge in [-0.25, -0.2) is 0 Å². The van der Waals surface area contributed by atoms with Crippen molar-refractivity contribution >= 4 is 11.8 Å². The van der Waals surface area contributed by atoms with Crippen molar-refractivity contribution in [1.82, 2.24) is 5.32 Å². The molecule has 154 valence electrons. The molecule has 0 aliphatic carbocycles. The third-order valence-corrected chi connectivity index (χ3v) is 6.49. The maximum atomic E-state index is 10.5. The number of hydrogen-bond acceptors (Lipinski definition) is 4. The lowest BCUT2D eigenvalue weighted by Gasteiger charge is -2.27. The number of fused-ring (bicyclic) bond motifs is 1. The molecule has 0 aromatic heterocycles. The molecule has 0 radical (unpaired) electrons. The molecule has 0 fully saturated rings. The topological polar surface area (TPSA) is 41.5 Å². The van der Waals surface area contributed by atoms with Gasteiger partial charge in [-0.3, -0.25) is 0 Å². The van der Waals surface area contributed by atoms with Gasteiger partial charge in [-0.05, 0) is 71.6 Å². The molecule has 2 N–H and O–H groups in total. The Morgan fingerprint density at radius 1 is 0.774 bits per heavy atom. The molecule has 3 nitrogen and oxygen atoms in total. The molecule has 5 rings (SSSR count). The smallest absolute Gasteiger partial charge is 0.169 e. The average molecular weight is 426 g/mol. The number of ether oxygens (including phenoxy) is 1. The zero-order valence-corrected chi connectivity index (χ0v) is 17.8. The molecule has 4 aromatic carbocycles. The second kappa shape index (κ2) is 8.88. The highest BCUT2D eigenvalue weighted by Crippen LogP contribution is 2.37. The maximum Gasteiger partial charge on any atom is 0.169 e. The summed E-state index contributed by atoms with van der Waals surface area (Å²) in [4.78, 5) is 2.47. The molecule has 0 saturated heterocycles. The predicted molar refractivity (Wildman–Crippen MR) is 125 cm³/mol. The summed E-state index contributed by atoms with van der Waals surface area (Å²) in [6.07, 6.45) is 0.833. The van der Waals surface area contributed by atoms with Crippen LogP contribution in [0, 0.1) is 0 Å². The summed E-state index contributed by atoms with van der Waals surface area (Å²) in [7, 11) is 0. The van der Waals surface area contributed by atoms with Crippen molar-refractivity contribution in [3.05, 3.63) is 114 Å². The van der Waals surface area contributed by atoms with Gasteiger partial charge in [0, 0.05) is 22.4 Å². The number of phenols is 1. The van der Waals surface area contributed by atoms with Crippen molar-refractivity contribution in [2.75, 3.05) is 0 Å². The van der Waals surface area contributed by atoms with Crippen LogP contribution in [0.4, 0.5) is 0 Å². The fourth-order valence-corrected chi connectivity index (χ4v) is 4.70. The van der Waals surface area contributed by atoms with Gasteiger partial charge in [-0.2, -0.15) is 0 Å². The van der Waals surface area contributed by atoms with Crippen molar-refractivity contribution in [2.24, 2.45) is 0 Å². The number of benzene rings is 4. The van der Waals surface area contributed by atoms with E-state index in [1.807, 2.05) is 48.5 Å². The molecule has 1 heterocycles. The monoisotopic (exact) mass is 425 g/mol. The minimum atomic E-state index is 0.179. The lowest BCUT2D eigenvalue weighted by atomic mass is 9.91. The quantitative estimate of drug-likeness (QED) is 0.372. The highest BCUT2D eigenvalue weighted by Gasteiger charge is 2.22. The molecule has 4 aromatic rings. The molecular formula is C27H23NO2S. The summed E-state index contributed by atoms with van der Waals surface area (Å²) in [5.41, 5.74) is 3.58. The predicted octanol–water partition coefficient (Wildman–Crippen LogP) is 6.72. The third kappa shape index (κ3) is 4.61. The fourth-order valence-electron chi connectivity index (χ4n) is 3.86. The molecule has 1 atom stereocenters. The Balaban J connectivity index is 1.30. The Kier molecular flexibility index (Phi) is 5.65. The fraction of sp³-hybridized carbons (Fsp3) is 0.111. The van der Waals surface area contributed by atoms with Gasteiger partial charge in [0.15, 0.2) is 11.5 Å². The summed E-state index contributed by atoms with van der Waals surface area (Å²) in [6, 6.07) is 32.7. The highest BCUT2D eigenvalue weighted by atomic mass is 32.2. The number of rotatable bonds is 5. The Hall–Kier alpha value is -3.21. The van der Waals surface area contributed by atoms with E-state index in [-0.39, 0.29) is 11.8 Å². The molecular weight excluding hydrogens is 402 g/mol. The van der Waals surface area contributed by atoms with Crippen molar-refractivity contribution in [2.45, 2.75) is 28.8 Å². The van der Waals surface area contributed by atoms with E-state index in [0.29, 0.717) is 11.5 Å². The molecule has 1 unspecified atom stereocenters. The minimum Gasteiger partial charge on any atom is -0.504 e. The molecule has 4 heteroatoms. The summed E-state index contributed by atoms with van der Waals surface area (Å²) in [5.74, 6) is 1.39. The third-order valence-electron chi connectivity index (χ3n) is 5.48. The zero-order chi connectivity index (χ0) is 21.0. The Morgan fingerprint density at radius 3 is 2.19 bits per heavy atom. The molecule has 0 amide bonds. The summed E-state index contributed by atoms with van der Waals surface area (Å²) < 4.78 is 5.87. The highest BCUT2D eigenvalue weighted by molar-refractivity contribution is 7.99. The van der Waals surface area contributed by atoms with Crippen LogP contribution in [-0.2, 0) is 13.0 Å². The van der Waals surface area contributed by atoms with E-state index < -0.39 is 0 Å². The molecule has 0 saturated carbocycles. The summed E-state index contributed by atoms with van der Waals surface area (Å²) >= 11 is 1.77. The summed E-state index contributed by atoms with van der Waals surface area (Å²) in [5, 5.41) is 14.1. The SMILES string of the molecule is Oc1cc2c(cc1Oc1ccccc1)CNC(c1ccc(Sc3ccccc3)cc1)C2. The van der Waals surface area contributed by atoms with Crippen LogP contribution in [0.1, 0.15) is 22.7 Å². The maximum absolute atomic E-state index is 10.5. The van der Waals surface area contributed by atoms with Gasteiger partial charge >= 0.3 is 0 Å². The van der Waals surface area contributed by atoms with Crippen LogP contribution >= 0.6 is 11.8 Å². The Labute approximate surface area is 186 Å². The molecule has 1 aliphatic heterocycles. The van der Waals surface area contributed by atoms with Crippen LogP contribution in [0.3, 0.4) is 0 Å². The minimum absolute atomic E-state index is 0.179. The van der Waals surface area contributed by atoms with Gasteiger partial charge in [-0.15, -0.1) is 0 Å². The van der Waals surface area contributed by atoms with E-state index in [2.05, 4.69) is 53.8 Å². The van der Waals surface area contributed by atoms with Crippen molar-refractivity contribution < 1.29 is 9.84 Å². The number of phenolic OH excluding ortho intramolecular Hbond substituents is 1. The summed E-state index contributed by atoms with van der Waals surface area (Å²) in [6.45, 7) is 0.742. The van der Waals surface area contributed by atoms with Gasteiger partial charge < -0.3 is 15.2 Å². The largest absolute Gasteiger partial charge is 0.504 e. The van der Waals surface area contributed by atoms with E-state index in [1.165, 1.54) is 15.4 Å². The lowest BCUT2D eigenvalue weighted by Crippen LogP contribution is -2.28. The van der Waals surface area contributed by atoms with Gasteiger partial charge in [-0.1, -0.05) is 60.3 Å². The molecule has 1 aliphatic rings. The Bertz CT molecular complexity index is 1160. The van der Waals surface area contributed by atoms with Crippen molar-refractivity contribution in [1.29, 1.82) is 0 Å². The number of nitrogens with one attached hydrogen (secondary N) is 1. The van der Waals surface area contributed by atoms with Gasteiger partial charge in [0.1, 0.15) is 5.75 Å². The van der Waals surface area contributed by atoms with Crippen LogP contribution in [0.15, 0.2) is 107 Å². The number of para-hydroxylation sites is 1. The molecule has 31 heavy (non-hydrogen) atoms. The van der Waals surface area contributed by atoms with Gasteiger partial charge in [0.25, 0.3) is 0 Å². The van der Waals surface area contributed by atoms with Gasteiger partial charge in [0.2, 0.25) is 0 Å². The Morgan fingerprint density at radius 2 is 1.45 bits per heavy atom. The van der Waals surface area contributed by atoms with Crippen LogP contribution in [0.2, 0.25) is 0 Å². The lowest BCUT2D eigenvalue weighted by molar-refractivity contribution is 0.406. The first kappa shape index (κ1) is 19.7. The second-order valence-corrected chi connectivity index (χ2v) is 8.77. The first-order valence-corrected chi connectivity index (χ1v) is 11.2. The second-order valence-electron chi connectivity index (χ2n) is 7.63. The number of hydrogen-bond donors (Lipinski definition) is 2. The van der Waals surface area contributed by atoms with Crippen LogP contribution in [-0.4, -0.2) is 5.11 Å². The zero-order valence-electron chi connectivity index (χ0n) is 17.0. The van der Waals surface area contributed by atoms with Crippen LogP contribution in [0.25, 0.3) is 0 Å². The van der Waals surface area contributed by atoms with Crippen LogP contribution < -0.4 is 10.1 Å². The molecule has 0 bridgehead atoms. The molecule has 0 spiro atoms. The average Bonchev–Trinajstić information content (AvgIpc) is 2.81. The first-order chi connectivity index (χ1) is 15.2. The van der Waals surface area contributed by atoms with Crippen LogP contribution in [0.5, 0.6) is 17.2 Å². The van der Waals surface area contributed by atoms with E-state index in [4.69, 9.17) is 4.74 Å². The van der Waals surface area contributed by atoms with Crippen molar-refractivity contribution in [3.8, 4) is 17.2 Å². The standard InChI is InChI=1S/C27H23NO2S/c29-26-16-20-15-25(19-11-13-24(14-12-19)31-23-9-5-2-6-10-23)28-18-21(20)17-27(26)30-22-7-3-1-4-8-22/h1-14,16-17,25,28-29H,15,18H2. The number of aromatic hydroxyl groups is 1. The van der Waals surface area contributed by atoms with E-state index >= 15 is 0 Å².